The number of piperidine rings is 1. The van der Waals surface area contributed by atoms with Crippen LogP contribution in [-0.2, 0) is 10.0 Å². The molecule has 0 atom stereocenters. The molecule has 0 unspecified atom stereocenters. The summed E-state index contributed by atoms with van der Waals surface area (Å²) in [7, 11) is -3.48. The lowest BCUT2D eigenvalue weighted by atomic mass is 10.1. The minimum Gasteiger partial charge on any atom is -0.491 e. The van der Waals surface area contributed by atoms with E-state index in [-0.39, 0.29) is 24.6 Å². The maximum atomic E-state index is 12.6. The number of aryl methyl sites for hydroxylation is 1. The van der Waals surface area contributed by atoms with E-state index < -0.39 is 10.0 Å². The smallest absolute Gasteiger partial charge is 0.240 e. The molecule has 0 saturated carbocycles. The van der Waals surface area contributed by atoms with Gasteiger partial charge in [0.25, 0.3) is 0 Å². The van der Waals surface area contributed by atoms with Gasteiger partial charge in [0.05, 0.1) is 11.0 Å². The monoisotopic (exact) mass is 390 g/mol. The number of nitrogens with one attached hydrogen (secondary N) is 1. The van der Waals surface area contributed by atoms with Crippen molar-refractivity contribution in [1.82, 2.24) is 9.62 Å². The largest absolute Gasteiger partial charge is 0.491 e. The molecule has 1 fully saturated rings. The number of ether oxygens (including phenoxy) is 1. The van der Waals surface area contributed by atoms with Crippen LogP contribution in [0.2, 0.25) is 0 Å². The number of rotatable bonds is 7. The summed E-state index contributed by atoms with van der Waals surface area (Å²) in [5.41, 5.74) is 0.837. The summed E-state index contributed by atoms with van der Waals surface area (Å²) in [6.45, 7) is 11.0. The van der Waals surface area contributed by atoms with Crippen LogP contribution >= 0.6 is 12.4 Å². The molecule has 1 saturated heterocycles. The summed E-state index contributed by atoms with van der Waals surface area (Å²) in [5.74, 6) is 0.733. The molecule has 0 amide bonds. The average molecular weight is 391 g/mol. The topological polar surface area (TPSA) is 58.6 Å². The van der Waals surface area contributed by atoms with Gasteiger partial charge in [-0.3, -0.25) is 0 Å². The zero-order chi connectivity index (χ0) is 17.7. The van der Waals surface area contributed by atoms with Gasteiger partial charge in [-0.05, 0) is 83.4 Å². The van der Waals surface area contributed by atoms with Gasteiger partial charge in [0.15, 0.2) is 0 Å². The molecule has 7 heteroatoms. The van der Waals surface area contributed by atoms with Crippen molar-refractivity contribution in [3.8, 4) is 5.75 Å². The highest BCUT2D eigenvalue weighted by Crippen LogP contribution is 2.23. The van der Waals surface area contributed by atoms with Crippen molar-refractivity contribution in [1.29, 1.82) is 0 Å². The van der Waals surface area contributed by atoms with E-state index in [0.29, 0.717) is 4.90 Å². The van der Waals surface area contributed by atoms with Crippen molar-refractivity contribution in [3.05, 3.63) is 23.8 Å². The van der Waals surface area contributed by atoms with E-state index >= 15 is 0 Å². The molecule has 0 spiro atoms. The first-order chi connectivity index (χ1) is 11.3. The molecule has 0 bridgehead atoms. The maximum Gasteiger partial charge on any atom is 0.240 e. The Balaban J connectivity index is 0.00000312. The van der Waals surface area contributed by atoms with Gasteiger partial charge < -0.3 is 9.64 Å². The Morgan fingerprint density at radius 2 is 1.92 bits per heavy atom. The molecule has 0 radical (unpaired) electrons. The number of hydrogen-bond donors (Lipinski definition) is 1. The first-order valence-corrected chi connectivity index (χ1v) is 10.3. The summed E-state index contributed by atoms with van der Waals surface area (Å²) < 4.78 is 33.8. The van der Waals surface area contributed by atoms with E-state index in [1.807, 2.05) is 20.8 Å². The minimum atomic E-state index is -3.48. The number of sulfonamides is 1. The van der Waals surface area contributed by atoms with E-state index in [9.17, 15) is 8.42 Å². The Kier molecular flexibility index (Phi) is 8.68. The van der Waals surface area contributed by atoms with Gasteiger partial charge in [0.2, 0.25) is 10.0 Å². The number of benzene rings is 1. The Labute approximate surface area is 158 Å². The van der Waals surface area contributed by atoms with Gasteiger partial charge in [-0.15, -0.1) is 12.4 Å². The Hall–Kier alpha value is -0.820. The third-order valence-corrected chi connectivity index (χ3v) is 5.79. The summed E-state index contributed by atoms with van der Waals surface area (Å²) in [4.78, 5) is 2.71. The third kappa shape index (κ3) is 6.44. The van der Waals surface area contributed by atoms with Gasteiger partial charge in [-0.1, -0.05) is 6.92 Å². The van der Waals surface area contributed by atoms with E-state index in [0.717, 1.165) is 50.2 Å². The zero-order valence-corrected chi connectivity index (χ0v) is 17.3. The standard InChI is InChI=1S/C18H30N2O3S.ClH/c1-5-10-20-11-8-16(9-12-20)19-24(21,22)17-6-7-18(15(4)13-17)23-14(2)3;/h6-7,13-14,16,19H,5,8-12H2,1-4H3;1H. The lowest BCUT2D eigenvalue weighted by Crippen LogP contribution is -2.44. The third-order valence-electron chi connectivity index (χ3n) is 4.27. The molecular formula is C18H31ClN2O3S. The second kappa shape index (κ2) is 9.76. The van der Waals surface area contributed by atoms with Crippen molar-refractivity contribution in [2.45, 2.75) is 64.0 Å². The van der Waals surface area contributed by atoms with Gasteiger partial charge in [0, 0.05) is 6.04 Å². The number of halogens is 1. The van der Waals surface area contributed by atoms with Crippen LogP contribution in [0.4, 0.5) is 0 Å². The maximum absolute atomic E-state index is 12.6. The lowest BCUT2D eigenvalue weighted by molar-refractivity contribution is 0.208. The molecule has 2 rings (SSSR count). The Bertz CT molecular complexity index is 642. The van der Waals surface area contributed by atoms with Gasteiger partial charge in [0.1, 0.15) is 5.75 Å². The van der Waals surface area contributed by atoms with E-state index in [1.54, 1.807) is 18.2 Å². The van der Waals surface area contributed by atoms with Crippen molar-refractivity contribution in [2.75, 3.05) is 19.6 Å². The molecule has 1 N–H and O–H groups in total. The van der Waals surface area contributed by atoms with Crippen LogP contribution < -0.4 is 9.46 Å². The number of likely N-dealkylation sites (tertiary alicyclic amines) is 1. The van der Waals surface area contributed by atoms with Crippen LogP contribution in [0.1, 0.15) is 45.6 Å². The van der Waals surface area contributed by atoms with Gasteiger partial charge in [-0.2, -0.15) is 0 Å². The number of nitrogens with zero attached hydrogens (tertiary/aromatic N) is 1. The molecule has 0 aliphatic carbocycles. The minimum absolute atomic E-state index is 0. The zero-order valence-electron chi connectivity index (χ0n) is 15.6. The first kappa shape index (κ1) is 22.2. The van der Waals surface area contributed by atoms with Crippen LogP contribution in [0, 0.1) is 6.92 Å². The van der Waals surface area contributed by atoms with Crippen molar-refractivity contribution < 1.29 is 13.2 Å². The molecule has 1 aliphatic heterocycles. The lowest BCUT2D eigenvalue weighted by Gasteiger charge is -2.31. The highest BCUT2D eigenvalue weighted by Gasteiger charge is 2.24. The summed E-state index contributed by atoms with van der Waals surface area (Å²) >= 11 is 0. The molecule has 25 heavy (non-hydrogen) atoms. The molecule has 1 aromatic rings. The van der Waals surface area contributed by atoms with Gasteiger partial charge in [-0.25, -0.2) is 13.1 Å². The molecule has 1 aliphatic rings. The van der Waals surface area contributed by atoms with Crippen LogP contribution in [0.3, 0.4) is 0 Å². The SMILES string of the molecule is CCCN1CCC(NS(=O)(=O)c2ccc(OC(C)C)c(C)c2)CC1.Cl. The average Bonchev–Trinajstić information content (AvgIpc) is 2.51. The molecule has 144 valence electrons. The molecule has 5 nitrogen and oxygen atoms in total. The molecule has 1 heterocycles. The van der Waals surface area contributed by atoms with E-state index in [1.165, 1.54) is 0 Å². The number of hydrogen-bond acceptors (Lipinski definition) is 4. The summed E-state index contributed by atoms with van der Waals surface area (Å²) in [6, 6.07) is 5.08. The van der Waals surface area contributed by atoms with Crippen LogP contribution in [0.25, 0.3) is 0 Å². The molecular weight excluding hydrogens is 360 g/mol. The molecule has 1 aromatic carbocycles. The van der Waals surface area contributed by atoms with Crippen LogP contribution in [0.15, 0.2) is 23.1 Å². The van der Waals surface area contributed by atoms with Crippen LogP contribution in [0.5, 0.6) is 5.75 Å². The predicted molar refractivity (Wildman–Crippen MR) is 104 cm³/mol. The van der Waals surface area contributed by atoms with Crippen molar-refractivity contribution in [3.63, 3.8) is 0 Å². The quantitative estimate of drug-likeness (QED) is 0.775. The van der Waals surface area contributed by atoms with Crippen molar-refractivity contribution in [2.24, 2.45) is 0 Å². The summed E-state index contributed by atoms with van der Waals surface area (Å²) in [6.07, 6.45) is 2.94. The van der Waals surface area contributed by atoms with Crippen molar-refractivity contribution >= 4 is 22.4 Å². The first-order valence-electron chi connectivity index (χ1n) is 8.84. The van der Waals surface area contributed by atoms with Gasteiger partial charge >= 0.3 is 0 Å². The normalized spacial score (nSPS) is 16.7. The predicted octanol–water partition coefficient (Wildman–Crippen LogP) is 3.36. The van der Waals surface area contributed by atoms with Crippen LogP contribution in [-0.4, -0.2) is 45.1 Å². The fraction of sp³-hybridized carbons (Fsp3) is 0.667. The molecule has 0 aromatic heterocycles. The second-order valence-electron chi connectivity index (χ2n) is 6.83. The van der Waals surface area contributed by atoms with E-state index in [4.69, 9.17) is 4.74 Å². The Morgan fingerprint density at radius 3 is 2.44 bits per heavy atom. The van der Waals surface area contributed by atoms with E-state index in [2.05, 4.69) is 16.5 Å². The fourth-order valence-corrected chi connectivity index (χ4v) is 4.44. The highest BCUT2D eigenvalue weighted by molar-refractivity contribution is 7.89. The summed E-state index contributed by atoms with van der Waals surface area (Å²) in [5, 5.41) is 0. The fourth-order valence-electron chi connectivity index (χ4n) is 3.05. The second-order valence-corrected chi connectivity index (χ2v) is 8.55. The highest BCUT2D eigenvalue weighted by atomic mass is 35.5. The Morgan fingerprint density at radius 1 is 1.28 bits per heavy atom.